The Morgan fingerprint density at radius 3 is 2.50 bits per heavy atom. The molecular formula is C9H6INO. The zero-order valence-corrected chi connectivity index (χ0v) is 8.36. The van der Waals surface area contributed by atoms with Crippen molar-refractivity contribution < 1.29 is 4.52 Å². The van der Waals surface area contributed by atoms with Crippen molar-refractivity contribution in [2.24, 2.45) is 0 Å². The van der Waals surface area contributed by atoms with Gasteiger partial charge in [-0.05, 0) is 0 Å². The number of aromatic nitrogens is 1. The SMILES string of the molecule is Ic1cc(-c2ccccc2)no1. The molecule has 1 heterocycles. The summed E-state index contributed by atoms with van der Waals surface area (Å²) in [5.41, 5.74) is 1.98. The maximum Gasteiger partial charge on any atom is 0.196 e. The van der Waals surface area contributed by atoms with Crippen LogP contribution >= 0.6 is 22.6 Å². The Labute approximate surface area is 83.7 Å². The average molecular weight is 271 g/mol. The molecule has 60 valence electrons. The lowest BCUT2D eigenvalue weighted by Crippen LogP contribution is -1.73. The summed E-state index contributed by atoms with van der Waals surface area (Å²) in [5.74, 6) is 0. The molecule has 12 heavy (non-hydrogen) atoms. The van der Waals surface area contributed by atoms with E-state index in [1.165, 1.54) is 0 Å². The van der Waals surface area contributed by atoms with Crippen molar-refractivity contribution in [1.82, 2.24) is 5.16 Å². The van der Waals surface area contributed by atoms with Gasteiger partial charge in [0.05, 0.1) is 0 Å². The van der Waals surface area contributed by atoms with Gasteiger partial charge >= 0.3 is 0 Å². The largest absolute Gasteiger partial charge is 0.350 e. The summed E-state index contributed by atoms with van der Waals surface area (Å²) in [5, 5.41) is 3.90. The Bertz CT molecular complexity index is 369. The first-order valence-corrected chi connectivity index (χ1v) is 4.62. The fourth-order valence-electron chi connectivity index (χ4n) is 0.998. The minimum atomic E-state index is 0.812. The molecule has 2 nitrogen and oxygen atoms in total. The number of hydrogen-bond acceptors (Lipinski definition) is 2. The van der Waals surface area contributed by atoms with E-state index in [0.717, 1.165) is 15.0 Å². The van der Waals surface area contributed by atoms with Gasteiger partial charge in [-0.15, -0.1) is 0 Å². The van der Waals surface area contributed by atoms with Crippen LogP contribution in [0.5, 0.6) is 0 Å². The lowest BCUT2D eigenvalue weighted by molar-refractivity contribution is 0.400. The summed E-state index contributed by atoms with van der Waals surface area (Å²) in [6.07, 6.45) is 0. The summed E-state index contributed by atoms with van der Waals surface area (Å²) in [4.78, 5) is 0. The minimum Gasteiger partial charge on any atom is -0.350 e. The summed E-state index contributed by atoms with van der Waals surface area (Å²) >= 11 is 2.10. The van der Waals surface area contributed by atoms with E-state index >= 15 is 0 Å². The van der Waals surface area contributed by atoms with Crippen molar-refractivity contribution in [3.8, 4) is 11.3 Å². The first kappa shape index (κ1) is 7.79. The molecule has 0 N–H and O–H groups in total. The summed E-state index contributed by atoms with van der Waals surface area (Å²) in [6, 6.07) is 11.9. The average Bonchev–Trinajstić information content (AvgIpc) is 2.54. The topological polar surface area (TPSA) is 26.0 Å². The molecule has 0 atom stereocenters. The van der Waals surface area contributed by atoms with Crippen LogP contribution in [0.1, 0.15) is 0 Å². The second-order valence-electron chi connectivity index (χ2n) is 2.38. The number of benzene rings is 1. The highest BCUT2D eigenvalue weighted by atomic mass is 127. The molecule has 0 aliphatic rings. The van der Waals surface area contributed by atoms with Gasteiger partial charge in [0.25, 0.3) is 0 Å². The maximum absolute atomic E-state index is 4.96. The van der Waals surface area contributed by atoms with Crippen molar-refractivity contribution >= 4 is 22.6 Å². The molecule has 0 bridgehead atoms. The number of rotatable bonds is 1. The highest BCUT2D eigenvalue weighted by Crippen LogP contribution is 2.18. The van der Waals surface area contributed by atoms with Crippen LogP contribution in [0.2, 0.25) is 0 Å². The Kier molecular flexibility index (Phi) is 2.12. The molecule has 0 unspecified atom stereocenters. The number of hydrogen-bond donors (Lipinski definition) is 0. The monoisotopic (exact) mass is 271 g/mol. The Morgan fingerprint density at radius 2 is 1.92 bits per heavy atom. The van der Waals surface area contributed by atoms with Crippen LogP contribution in [0.25, 0.3) is 11.3 Å². The van der Waals surface area contributed by atoms with Crippen LogP contribution in [0.15, 0.2) is 40.9 Å². The summed E-state index contributed by atoms with van der Waals surface area (Å²) in [6.45, 7) is 0. The first-order chi connectivity index (χ1) is 5.86. The van der Waals surface area contributed by atoms with E-state index in [1.54, 1.807) is 0 Å². The van der Waals surface area contributed by atoms with Gasteiger partial charge in [-0.2, -0.15) is 0 Å². The molecule has 0 saturated carbocycles. The Hall–Kier alpha value is -0.840. The predicted molar refractivity (Wildman–Crippen MR) is 54.7 cm³/mol. The first-order valence-electron chi connectivity index (χ1n) is 3.54. The smallest absolute Gasteiger partial charge is 0.196 e. The number of nitrogens with zero attached hydrogens (tertiary/aromatic N) is 1. The molecule has 2 rings (SSSR count). The van der Waals surface area contributed by atoms with Gasteiger partial charge < -0.3 is 4.52 Å². The van der Waals surface area contributed by atoms with E-state index in [-0.39, 0.29) is 0 Å². The molecule has 3 heteroatoms. The molecule has 0 aliphatic carbocycles. The molecule has 1 aromatic carbocycles. The lowest BCUT2D eigenvalue weighted by Gasteiger charge is -1.90. The summed E-state index contributed by atoms with van der Waals surface area (Å²) < 4.78 is 5.77. The van der Waals surface area contributed by atoms with Gasteiger partial charge in [0.15, 0.2) is 3.77 Å². The van der Waals surface area contributed by atoms with Crippen molar-refractivity contribution in [2.45, 2.75) is 0 Å². The normalized spacial score (nSPS) is 10.1. The molecule has 2 aromatic rings. The zero-order valence-electron chi connectivity index (χ0n) is 6.20. The zero-order chi connectivity index (χ0) is 8.39. The minimum absolute atomic E-state index is 0.812. The van der Waals surface area contributed by atoms with Gasteiger partial charge in [-0.3, -0.25) is 0 Å². The van der Waals surface area contributed by atoms with Gasteiger partial charge in [0, 0.05) is 34.2 Å². The van der Waals surface area contributed by atoms with Crippen LogP contribution in [0.3, 0.4) is 0 Å². The van der Waals surface area contributed by atoms with E-state index in [0.29, 0.717) is 0 Å². The van der Waals surface area contributed by atoms with E-state index < -0.39 is 0 Å². The van der Waals surface area contributed by atoms with Crippen LogP contribution in [0.4, 0.5) is 0 Å². The lowest BCUT2D eigenvalue weighted by atomic mass is 10.2. The van der Waals surface area contributed by atoms with Crippen LogP contribution in [0, 0.1) is 3.77 Å². The third kappa shape index (κ3) is 1.50. The van der Waals surface area contributed by atoms with E-state index in [2.05, 4.69) is 27.7 Å². The fourth-order valence-corrected chi connectivity index (χ4v) is 1.39. The molecule has 0 amide bonds. The Morgan fingerprint density at radius 1 is 1.17 bits per heavy atom. The van der Waals surface area contributed by atoms with E-state index in [4.69, 9.17) is 4.52 Å². The van der Waals surface area contributed by atoms with E-state index in [9.17, 15) is 0 Å². The van der Waals surface area contributed by atoms with E-state index in [1.807, 2.05) is 36.4 Å². The highest BCUT2D eigenvalue weighted by molar-refractivity contribution is 14.1. The number of halogens is 1. The molecular weight excluding hydrogens is 265 g/mol. The second kappa shape index (κ2) is 3.26. The van der Waals surface area contributed by atoms with Crippen LogP contribution in [-0.4, -0.2) is 5.16 Å². The fraction of sp³-hybridized carbons (Fsp3) is 0. The molecule has 1 aromatic heterocycles. The molecule has 0 spiro atoms. The van der Waals surface area contributed by atoms with Crippen molar-refractivity contribution in [2.75, 3.05) is 0 Å². The summed E-state index contributed by atoms with van der Waals surface area (Å²) in [7, 11) is 0. The standard InChI is InChI=1S/C9H6INO/c10-9-6-8(11-12-9)7-4-2-1-3-5-7/h1-6H. The molecule has 0 fully saturated rings. The molecule has 0 saturated heterocycles. The Balaban J connectivity index is 2.45. The van der Waals surface area contributed by atoms with Gasteiger partial charge in [-0.1, -0.05) is 35.5 Å². The third-order valence-electron chi connectivity index (χ3n) is 1.55. The van der Waals surface area contributed by atoms with Gasteiger partial charge in [0.2, 0.25) is 0 Å². The van der Waals surface area contributed by atoms with Crippen molar-refractivity contribution in [1.29, 1.82) is 0 Å². The van der Waals surface area contributed by atoms with Crippen molar-refractivity contribution in [3.63, 3.8) is 0 Å². The molecule has 0 aliphatic heterocycles. The highest BCUT2D eigenvalue weighted by Gasteiger charge is 2.01. The van der Waals surface area contributed by atoms with Crippen molar-refractivity contribution in [3.05, 3.63) is 40.2 Å². The van der Waals surface area contributed by atoms with Gasteiger partial charge in [0.1, 0.15) is 5.69 Å². The quantitative estimate of drug-likeness (QED) is 0.745. The second-order valence-corrected chi connectivity index (χ2v) is 3.45. The predicted octanol–water partition coefficient (Wildman–Crippen LogP) is 2.95. The van der Waals surface area contributed by atoms with Gasteiger partial charge in [-0.25, -0.2) is 0 Å². The third-order valence-corrected chi connectivity index (χ3v) is 2.06. The maximum atomic E-state index is 4.96. The van der Waals surface area contributed by atoms with Crippen LogP contribution < -0.4 is 0 Å². The van der Waals surface area contributed by atoms with Crippen LogP contribution in [-0.2, 0) is 0 Å². The molecule has 0 radical (unpaired) electrons.